The summed E-state index contributed by atoms with van der Waals surface area (Å²) in [6.07, 6.45) is 6.49. The molecular formula is C24H29N11O3. The third-order valence-corrected chi connectivity index (χ3v) is 7.71. The fraction of sp³-hybridized carbons (Fsp3) is 0.458. The molecule has 0 aliphatic heterocycles. The first-order valence-electron chi connectivity index (χ1n) is 12.5. The number of hydrogen-bond donors (Lipinski definition) is 5. The lowest BCUT2D eigenvalue weighted by Crippen LogP contribution is -2.41. The van der Waals surface area contributed by atoms with Crippen LogP contribution in [0.2, 0.25) is 0 Å². The van der Waals surface area contributed by atoms with Crippen LogP contribution in [-0.2, 0) is 4.79 Å². The lowest BCUT2D eigenvalue weighted by atomic mass is 9.98. The number of aromatic nitrogens is 7. The van der Waals surface area contributed by atoms with Crippen LogP contribution in [0.3, 0.4) is 0 Å². The summed E-state index contributed by atoms with van der Waals surface area (Å²) in [5, 5.41) is 39.1. The average Bonchev–Trinajstić information content (AvgIpc) is 3.77. The van der Waals surface area contributed by atoms with Crippen LogP contribution in [0.4, 0.5) is 5.82 Å². The third-order valence-electron chi connectivity index (χ3n) is 7.71. The number of imidazole rings is 1. The molecule has 3 fully saturated rings. The molecule has 14 nitrogen and oxygen atoms in total. The molecule has 5 atom stereocenters. The maximum Gasteiger partial charge on any atom is 0.256 e. The number of rotatable bonds is 9. The van der Waals surface area contributed by atoms with Crippen LogP contribution >= 0.6 is 0 Å². The highest BCUT2D eigenvalue weighted by atomic mass is 16.3. The van der Waals surface area contributed by atoms with Gasteiger partial charge >= 0.3 is 0 Å². The van der Waals surface area contributed by atoms with Crippen molar-refractivity contribution in [2.24, 2.45) is 22.2 Å². The predicted molar refractivity (Wildman–Crippen MR) is 137 cm³/mol. The SMILES string of the molecule is C=CN=C(NC=C)c1cn(-c2nc(NCC3CC3)c3ncn(C4C(O)C(O)C5(C(=O)NC)CC45)c3n2)nn1. The van der Waals surface area contributed by atoms with E-state index in [1.807, 2.05) is 0 Å². The van der Waals surface area contributed by atoms with Gasteiger partial charge in [-0.2, -0.15) is 14.6 Å². The number of amidine groups is 1. The molecule has 3 aliphatic carbocycles. The van der Waals surface area contributed by atoms with Crippen molar-refractivity contribution in [3.8, 4) is 5.95 Å². The minimum Gasteiger partial charge on any atom is -0.389 e. The first-order chi connectivity index (χ1) is 18.4. The third kappa shape index (κ3) is 3.67. The molecule has 3 aromatic heterocycles. The Morgan fingerprint density at radius 2 is 2.13 bits per heavy atom. The predicted octanol–water partition coefficient (Wildman–Crippen LogP) is -0.119. The highest BCUT2D eigenvalue weighted by Gasteiger charge is 2.75. The molecule has 38 heavy (non-hydrogen) atoms. The van der Waals surface area contributed by atoms with Crippen molar-refractivity contribution in [2.75, 3.05) is 18.9 Å². The lowest BCUT2D eigenvalue weighted by Gasteiger charge is -2.23. The van der Waals surface area contributed by atoms with Gasteiger partial charge in [0.25, 0.3) is 5.95 Å². The second kappa shape index (κ2) is 8.99. The van der Waals surface area contributed by atoms with Crippen molar-refractivity contribution in [3.63, 3.8) is 0 Å². The Kier molecular flexibility index (Phi) is 5.72. The molecule has 3 aromatic rings. The molecule has 3 heterocycles. The number of aliphatic hydroxyl groups excluding tert-OH is 2. The fourth-order valence-electron chi connectivity index (χ4n) is 5.53. The standard InChI is InChI=1S/C24H29N11O3/c1-4-26-19(27-5-2)14-10-35(33-32-14)23-30-20(28-9-12-6-7-12)15-21(31-23)34(11-29-15)16-13-8-24(13,22(38)25-3)18(37)17(16)36/h4-5,10-13,16-18,36-37H,1-2,6-9H2,3H3,(H,25,38)(H,26,27)(H,28,30,31). The molecule has 1 amide bonds. The quantitative estimate of drug-likeness (QED) is 0.189. The molecule has 0 spiro atoms. The van der Waals surface area contributed by atoms with E-state index >= 15 is 0 Å². The van der Waals surface area contributed by atoms with Gasteiger partial charge in [-0.3, -0.25) is 4.79 Å². The zero-order valence-corrected chi connectivity index (χ0v) is 20.8. The zero-order chi connectivity index (χ0) is 26.6. The van der Waals surface area contributed by atoms with Crippen LogP contribution in [0.25, 0.3) is 17.1 Å². The van der Waals surface area contributed by atoms with Crippen LogP contribution < -0.4 is 16.0 Å². The molecule has 5 N–H and O–H groups in total. The van der Waals surface area contributed by atoms with Crippen molar-refractivity contribution in [2.45, 2.75) is 37.5 Å². The molecule has 3 aliphatic rings. The Hall–Kier alpha value is -4.17. The van der Waals surface area contributed by atoms with Crippen molar-refractivity contribution < 1.29 is 15.0 Å². The Morgan fingerprint density at radius 1 is 1.32 bits per heavy atom. The summed E-state index contributed by atoms with van der Waals surface area (Å²) in [5.41, 5.74) is 0.386. The molecule has 14 heteroatoms. The molecule has 6 rings (SSSR count). The van der Waals surface area contributed by atoms with Gasteiger partial charge in [0.15, 0.2) is 22.8 Å². The van der Waals surface area contributed by atoms with Gasteiger partial charge in [-0.1, -0.05) is 18.4 Å². The summed E-state index contributed by atoms with van der Waals surface area (Å²) < 4.78 is 3.16. The number of anilines is 1. The second-order valence-corrected chi connectivity index (χ2v) is 9.93. The Bertz CT molecular complexity index is 1460. The van der Waals surface area contributed by atoms with Gasteiger partial charge in [0, 0.05) is 25.7 Å². The summed E-state index contributed by atoms with van der Waals surface area (Å²) in [4.78, 5) is 30.8. The average molecular weight is 520 g/mol. The summed E-state index contributed by atoms with van der Waals surface area (Å²) in [7, 11) is 1.53. The normalized spacial score (nSPS) is 28.1. The minimum atomic E-state index is -1.19. The van der Waals surface area contributed by atoms with Gasteiger partial charge in [0.1, 0.15) is 11.8 Å². The van der Waals surface area contributed by atoms with Crippen LogP contribution in [0.1, 0.15) is 31.0 Å². The van der Waals surface area contributed by atoms with E-state index < -0.39 is 23.7 Å². The molecule has 5 unspecified atom stereocenters. The van der Waals surface area contributed by atoms with E-state index in [2.05, 4.69) is 54.4 Å². The largest absolute Gasteiger partial charge is 0.389 e. The van der Waals surface area contributed by atoms with Gasteiger partial charge in [0.05, 0.1) is 30.1 Å². The summed E-state index contributed by atoms with van der Waals surface area (Å²) in [6.45, 7) is 8.02. The Morgan fingerprint density at radius 3 is 2.84 bits per heavy atom. The first-order valence-corrected chi connectivity index (χ1v) is 12.5. The van der Waals surface area contributed by atoms with E-state index in [0.29, 0.717) is 40.9 Å². The number of aliphatic imine (C=N–C) groups is 1. The molecule has 0 aromatic carbocycles. The molecule has 0 radical (unpaired) electrons. The molecule has 198 valence electrons. The van der Waals surface area contributed by atoms with Gasteiger partial charge in [-0.05, 0) is 31.4 Å². The highest BCUT2D eigenvalue weighted by molar-refractivity contribution is 5.97. The maximum absolute atomic E-state index is 12.6. The molecule has 0 saturated heterocycles. The molecule has 3 saturated carbocycles. The van der Waals surface area contributed by atoms with Crippen LogP contribution in [0.5, 0.6) is 0 Å². The molecular weight excluding hydrogens is 490 g/mol. The van der Waals surface area contributed by atoms with Crippen LogP contribution in [-0.4, -0.2) is 82.3 Å². The summed E-state index contributed by atoms with van der Waals surface area (Å²) in [5.74, 6) is 1.21. The summed E-state index contributed by atoms with van der Waals surface area (Å²) in [6, 6.07) is -0.583. The number of hydrogen-bond acceptors (Lipinski definition) is 10. The first kappa shape index (κ1) is 24.2. The van der Waals surface area contributed by atoms with Gasteiger partial charge in [-0.25, -0.2) is 9.98 Å². The van der Waals surface area contributed by atoms with E-state index in [4.69, 9.17) is 4.98 Å². The van der Waals surface area contributed by atoms with Crippen molar-refractivity contribution in [3.05, 3.63) is 43.8 Å². The fourth-order valence-corrected chi connectivity index (χ4v) is 5.53. The highest BCUT2D eigenvalue weighted by Crippen LogP contribution is 2.67. The molecule has 0 bridgehead atoms. The van der Waals surface area contributed by atoms with Gasteiger partial charge < -0.3 is 30.7 Å². The number of aliphatic hydroxyl groups is 2. The van der Waals surface area contributed by atoms with Crippen molar-refractivity contribution in [1.29, 1.82) is 0 Å². The van der Waals surface area contributed by atoms with E-state index in [-0.39, 0.29) is 17.8 Å². The topological polar surface area (TPSA) is 180 Å². The number of nitrogens with one attached hydrogen (secondary N) is 3. The lowest BCUT2D eigenvalue weighted by molar-refractivity contribution is -0.132. The van der Waals surface area contributed by atoms with Crippen molar-refractivity contribution >= 4 is 28.7 Å². The van der Waals surface area contributed by atoms with E-state index in [9.17, 15) is 15.0 Å². The monoisotopic (exact) mass is 519 g/mol. The van der Waals surface area contributed by atoms with Crippen LogP contribution in [0, 0.1) is 17.3 Å². The van der Waals surface area contributed by atoms with Gasteiger partial charge in [0.2, 0.25) is 5.91 Å². The van der Waals surface area contributed by atoms with Crippen molar-refractivity contribution in [1.82, 2.24) is 45.1 Å². The number of fused-ring (bicyclic) bond motifs is 2. The number of amides is 1. The van der Waals surface area contributed by atoms with Crippen LogP contribution in [0.15, 0.2) is 43.1 Å². The number of carbonyl (C=O) groups is 1. The smallest absolute Gasteiger partial charge is 0.256 e. The summed E-state index contributed by atoms with van der Waals surface area (Å²) >= 11 is 0. The second-order valence-electron chi connectivity index (χ2n) is 9.93. The number of carbonyl (C=O) groups excluding carboxylic acids is 1. The van der Waals surface area contributed by atoms with Gasteiger partial charge in [-0.15, -0.1) is 5.10 Å². The van der Waals surface area contributed by atoms with E-state index in [1.165, 1.54) is 24.1 Å². The minimum absolute atomic E-state index is 0.231. The number of nitrogens with zero attached hydrogens (tertiary/aromatic N) is 8. The van der Waals surface area contributed by atoms with E-state index in [0.717, 1.165) is 19.4 Å². The Balaban J connectivity index is 1.43. The Labute approximate surface area is 217 Å². The zero-order valence-electron chi connectivity index (χ0n) is 20.8. The maximum atomic E-state index is 12.6. The van der Waals surface area contributed by atoms with E-state index in [1.54, 1.807) is 17.1 Å².